The largest absolute Gasteiger partial charge is 0.478 e. The molecule has 0 saturated heterocycles. The first-order chi connectivity index (χ1) is 12.0. The van der Waals surface area contributed by atoms with Crippen LogP contribution in [0.3, 0.4) is 0 Å². The molecule has 0 unspecified atom stereocenters. The van der Waals surface area contributed by atoms with Gasteiger partial charge in [0.1, 0.15) is 17.8 Å². The van der Waals surface area contributed by atoms with Crippen molar-refractivity contribution in [2.24, 2.45) is 0 Å². The van der Waals surface area contributed by atoms with Crippen LogP contribution in [-0.4, -0.2) is 25.6 Å². The van der Waals surface area contributed by atoms with E-state index in [0.717, 1.165) is 32.2 Å². The van der Waals surface area contributed by atoms with Gasteiger partial charge >= 0.3 is 5.97 Å². The third-order valence-corrected chi connectivity index (χ3v) is 5.26. The Kier molecular flexibility index (Phi) is 3.47. The molecular weight excluding hydrogens is 336 g/mol. The molecule has 3 heterocycles. The molecule has 126 valence electrons. The zero-order valence-corrected chi connectivity index (χ0v) is 14.5. The zero-order valence-electron chi connectivity index (χ0n) is 13.7. The quantitative estimate of drug-likeness (QED) is 0.577. The summed E-state index contributed by atoms with van der Waals surface area (Å²) in [6.07, 6.45) is 3.51. The van der Waals surface area contributed by atoms with Crippen molar-refractivity contribution >= 4 is 44.2 Å². The topological polar surface area (TPSA) is 94.0 Å². The highest BCUT2D eigenvalue weighted by atomic mass is 32.1. The molecule has 0 aliphatic rings. The second-order valence-electron chi connectivity index (χ2n) is 6.17. The van der Waals surface area contributed by atoms with E-state index in [9.17, 15) is 9.90 Å². The third-order valence-electron chi connectivity index (χ3n) is 4.31. The molecule has 7 heteroatoms. The smallest absolute Gasteiger partial charge is 0.337 e. The second-order valence-corrected chi connectivity index (χ2v) is 7.08. The van der Waals surface area contributed by atoms with E-state index in [4.69, 9.17) is 5.73 Å². The molecule has 0 aliphatic heterocycles. The van der Waals surface area contributed by atoms with Crippen molar-refractivity contribution in [3.63, 3.8) is 0 Å². The van der Waals surface area contributed by atoms with E-state index < -0.39 is 5.97 Å². The number of carbonyl (C=O) groups is 1. The van der Waals surface area contributed by atoms with Crippen LogP contribution in [0, 0.1) is 0 Å². The molecule has 0 amide bonds. The van der Waals surface area contributed by atoms with Crippen molar-refractivity contribution in [1.82, 2.24) is 14.5 Å². The lowest BCUT2D eigenvalue weighted by Crippen LogP contribution is -2.00. The highest BCUT2D eigenvalue weighted by molar-refractivity contribution is 7.17. The highest BCUT2D eigenvalue weighted by Gasteiger charge is 2.18. The van der Waals surface area contributed by atoms with E-state index in [1.807, 2.05) is 24.4 Å². The number of aromatic carboxylic acids is 1. The van der Waals surface area contributed by atoms with Crippen LogP contribution in [-0.2, 0) is 0 Å². The van der Waals surface area contributed by atoms with Crippen LogP contribution >= 0.6 is 11.3 Å². The minimum Gasteiger partial charge on any atom is -0.478 e. The Bertz CT molecular complexity index is 1130. The van der Waals surface area contributed by atoms with Crippen molar-refractivity contribution in [3.05, 3.63) is 41.7 Å². The standard InChI is InChI=1S/C18H16N4O2S/c1-9(2)22-6-12(15-16(19)20-8-21-17(15)22)10-3-4-11-13(18(23)24)7-25-14(11)5-10/h3-9H,1-2H3,(H,23,24)(H2,19,20,21). The second kappa shape index (κ2) is 5.56. The van der Waals surface area contributed by atoms with Crippen molar-refractivity contribution in [3.8, 4) is 11.1 Å². The van der Waals surface area contributed by atoms with E-state index in [-0.39, 0.29) is 6.04 Å². The number of hydrogen-bond donors (Lipinski definition) is 2. The van der Waals surface area contributed by atoms with Crippen molar-refractivity contribution in [2.75, 3.05) is 5.73 Å². The molecule has 6 nitrogen and oxygen atoms in total. The van der Waals surface area contributed by atoms with Crippen LogP contribution in [0.4, 0.5) is 5.82 Å². The van der Waals surface area contributed by atoms with E-state index in [0.29, 0.717) is 11.4 Å². The van der Waals surface area contributed by atoms with Gasteiger partial charge in [-0.1, -0.05) is 12.1 Å². The van der Waals surface area contributed by atoms with Gasteiger partial charge in [0.2, 0.25) is 0 Å². The molecule has 0 bridgehead atoms. The highest BCUT2D eigenvalue weighted by Crippen LogP contribution is 2.37. The van der Waals surface area contributed by atoms with Gasteiger partial charge in [0.05, 0.1) is 10.9 Å². The van der Waals surface area contributed by atoms with Gasteiger partial charge in [-0.25, -0.2) is 14.8 Å². The van der Waals surface area contributed by atoms with Crippen LogP contribution in [0.25, 0.3) is 32.2 Å². The molecule has 3 aromatic heterocycles. The summed E-state index contributed by atoms with van der Waals surface area (Å²) in [5.41, 5.74) is 9.18. The number of hydrogen-bond acceptors (Lipinski definition) is 5. The minimum absolute atomic E-state index is 0.231. The number of nitrogens with two attached hydrogens (primary N) is 1. The maximum absolute atomic E-state index is 11.3. The lowest BCUT2D eigenvalue weighted by molar-refractivity contribution is 0.0699. The number of nitrogen functional groups attached to an aromatic ring is 1. The summed E-state index contributed by atoms with van der Waals surface area (Å²) in [5.74, 6) is -0.468. The molecular formula is C18H16N4O2S. The number of rotatable bonds is 3. The lowest BCUT2D eigenvalue weighted by atomic mass is 10.0. The number of fused-ring (bicyclic) bond motifs is 2. The Balaban J connectivity index is 1.98. The van der Waals surface area contributed by atoms with Crippen molar-refractivity contribution < 1.29 is 9.90 Å². The van der Waals surface area contributed by atoms with Gasteiger partial charge in [-0.05, 0) is 25.5 Å². The molecule has 0 aliphatic carbocycles. The third kappa shape index (κ3) is 2.35. The van der Waals surface area contributed by atoms with Gasteiger partial charge in [-0.15, -0.1) is 11.3 Å². The van der Waals surface area contributed by atoms with Gasteiger partial charge in [0.25, 0.3) is 0 Å². The lowest BCUT2D eigenvalue weighted by Gasteiger charge is -2.07. The number of carboxylic acids is 1. The number of anilines is 1. The number of nitrogens with zero attached hydrogens (tertiary/aromatic N) is 3. The van der Waals surface area contributed by atoms with Crippen LogP contribution in [0.2, 0.25) is 0 Å². The molecule has 0 fully saturated rings. The molecule has 4 rings (SSSR count). The molecule has 0 radical (unpaired) electrons. The SMILES string of the molecule is CC(C)n1cc(-c2ccc3c(C(=O)O)csc3c2)c2c(N)ncnc21. The van der Waals surface area contributed by atoms with Crippen molar-refractivity contribution in [1.29, 1.82) is 0 Å². The van der Waals surface area contributed by atoms with Gasteiger partial charge < -0.3 is 15.4 Å². The summed E-state index contributed by atoms with van der Waals surface area (Å²) in [7, 11) is 0. The Morgan fingerprint density at radius 3 is 2.84 bits per heavy atom. The average Bonchev–Trinajstić information content (AvgIpc) is 3.16. The predicted octanol–water partition coefficient (Wildman–Crippen LogP) is 4.17. The number of aromatic nitrogens is 3. The summed E-state index contributed by atoms with van der Waals surface area (Å²) in [6, 6.07) is 6.00. The minimum atomic E-state index is -0.909. The summed E-state index contributed by atoms with van der Waals surface area (Å²) in [4.78, 5) is 19.8. The Hall–Kier alpha value is -2.93. The summed E-state index contributed by atoms with van der Waals surface area (Å²) in [6.45, 7) is 4.17. The summed E-state index contributed by atoms with van der Waals surface area (Å²) in [5, 5.41) is 12.5. The fourth-order valence-corrected chi connectivity index (χ4v) is 4.05. The predicted molar refractivity (Wildman–Crippen MR) is 100 cm³/mol. The molecule has 0 saturated carbocycles. The number of thiophene rings is 1. The van der Waals surface area contributed by atoms with Gasteiger partial charge in [-0.3, -0.25) is 0 Å². The van der Waals surface area contributed by atoms with E-state index in [1.54, 1.807) is 5.38 Å². The molecule has 3 N–H and O–H groups in total. The van der Waals surface area contributed by atoms with Gasteiger partial charge in [-0.2, -0.15) is 0 Å². The summed E-state index contributed by atoms with van der Waals surface area (Å²) >= 11 is 1.42. The van der Waals surface area contributed by atoms with Crippen LogP contribution < -0.4 is 5.73 Å². The number of carboxylic acid groups (broad SMARTS) is 1. The molecule has 0 atom stereocenters. The molecule has 4 aromatic rings. The fraction of sp³-hybridized carbons (Fsp3) is 0.167. The first-order valence-electron chi connectivity index (χ1n) is 7.83. The zero-order chi connectivity index (χ0) is 17.7. The maximum Gasteiger partial charge on any atom is 0.337 e. The molecule has 0 spiro atoms. The van der Waals surface area contributed by atoms with E-state index in [2.05, 4.69) is 28.4 Å². The summed E-state index contributed by atoms with van der Waals surface area (Å²) < 4.78 is 3.00. The van der Waals surface area contributed by atoms with Crippen LogP contribution in [0.5, 0.6) is 0 Å². The van der Waals surface area contributed by atoms with Crippen LogP contribution in [0.1, 0.15) is 30.2 Å². The Morgan fingerprint density at radius 1 is 1.32 bits per heavy atom. The fourth-order valence-electron chi connectivity index (χ4n) is 3.08. The average molecular weight is 352 g/mol. The van der Waals surface area contributed by atoms with Gasteiger partial charge in [0, 0.05) is 33.3 Å². The van der Waals surface area contributed by atoms with Crippen LogP contribution in [0.15, 0.2) is 36.1 Å². The first kappa shape index (κ1) is 15.6. The van der Waals surface area contributed by atoms with E-state index >= 15 is 0 Å². The maximum atomic E-state index is 11.3. The van der Waals surface area contributed by atoms with Crippen molar-refractivity contribution in [2.45, 2.75) is 19.9 Å². The van der Waals surface area contributed by atoms with Gasteiger partial charge in [0.15, 0.2) is 0 Å². The number of benzene rings is 1. The normalized spacial score (nSPS) is 11.6. The Labute approximate surface area is 147 Å². The monoisotopic (exact) mass is 352 g/mol. The molecule has 25 heavy (non-hydrogen) atoms. The Morgan fingerprint density at radius 2 is 2.12 bits per heavy atom. The molecule has 1 aromatic carbocycles. The van der Waals surface area contributed by atoms with E-state index in [1.165, 1.54) is 17.7 Å². The first-order valence-corrected chi connectivity index (χ1v) is 8.71.